The first-order valence-corrected chi connectivity index (χ1v) is 5.58. The Morgan fingerprint density at radius 3 is 3.00 bits per heavy atom. The number of allylic oxidation sites excluding steroid dienone is 1. The van der Waals surface area contributed by atoms with Gasteiger partial charge in [0.2, 0.25) is 0 Å². The fraction of sp³-hybridized carbons (Fsp3) is 0.583. The van der Waals surface area contributed by atoms with Gasteiger partial charge in [0.05, 0.1) is 5.69 Å². The molecule has 0 bridgehead atoms. The molecule has 0 aliphatic carbocycles. The zero-order valence-corrected chi connectivity index (χ0v) is 9.95. The molecular weight excluding hydrogens is 186 g/mol. The smallest absolute Gasteiger partial charge is 0.0522 e. The lowest BCUT2D eigenvalue weighted by Gasteiger charge is -2.06. The molecule has 1 heterocycles. The molecule has 1 rings (SSSR count). The highest BCUT2D eigenvalue weighted by Crippen LogP contribution is 1.99. The summed E-state index contributed by atoms with van der Waals surface area (Å²) in [5.74, 6) is 0. The molecule has 84 valence electrons. The highest BCUT2D eigenvalue weighted by Gasteiger charge is 1.99. The zero-order valence-electron chi connectivity index (χ0n) is 9.95. The topological polar surface area (TPSA) is 29.9 Å². The van der Waals surface area contributed by atoms with E-state index in [1.165, 1.54) is 11.3 Å². The van der Waals surface area contributed by atoms with Crippen molar-refractivity contribution in [2.75, 3.05) is 6.54 Å². The fourth-order valence-corrected chi connectivity index (χ4v) is 1.40. The minimum absolute atomic E-state index is 0.893. The van der Waals surface area contributed by atoms with Crippen LogP contribution in [0.2, 0.25) is 0 Å². The van der Waals surface area contributed by atoms with E-state index in [1.54, 1.807) is 0 Å². The average Bonchev–Trinajstić information content (AvgIpc) is 2.61. The molecule has 0 aliphatic heterocycles. The van der Waals surface area contributed by atoms with E-state index in [4.69, 9.17) is 0 Å². The first-order chi connectivity index (χ1) is 7.24. The van der Waals surface area contributed by atoms with Crippen LogP contribution in [0.1, 0.15) is 32.9 Å². The van der Waals surface area contributed by atoms with Crippen molar-refractivity contribution < 1.29 is 0 Å². The minimum Gasteiger partial charge on any atom is -0.308 e. The van der Waals surface area contributed by atoms with Gasteiger partial charge in [-0.1, -0.05) is 18.6 Å². The molecule has 0 saturated heterocycles. The molecule has 1 aromatic heterocycles. The summed E-state index contributed by atoms with van der Waals surface area (Å²) >= 11 is 0. The molecule has 0 unspecified atom stereocenters. The summed E-state index contributed by atoms with van der Waals surface area (Å²) in [5.41, 5.74) is 2.61. The Morgan fingerprint density at radius 1 is 1.53 bits per heavy atom. The van der Waals surface area contributed by atoms with E-state index in [0.717, 1.165) is 26.1 Å². The molecule has 1 aromatic rings. The maximum atomic E-state index is 4.28. The normalized spacial score (nSPS) is 10.3. The third-order valence-electron chi connectivity index (χ3n) is 2.20. The lowest BCUT2D eigenvalue weighted by Crippen LogP contribution is -2.16. The van der Waals surface area contributed by atoms with Crippen LogP contribution in [0.25, 0.3) is 0 Å². The number of nitrogens with one attached hydrogen (secondary N) is 1. The van der Waals surface area contributed by atoms with Gasteiger partial charge >= 0.3 is 0 Å². The van der Waals surface area contributed by atoms with E-state index in [9.17, 15) is 0 Å². The van der Waals surface area contributed by atoms with Gasteiger partial charge < -0.3 is 5.32 Å². The SMILES string of the molecule is CCCn1nccc1CNCC=C(C)C. The number of rotatable bonds is 6. The van der Waals surface area contributed by atoms with E-state index in [0.29, 0.717) is 0 Å². The Balaban J connectivity index is 2.36. The van der Waals surface area contributed by atoms with Gasteiger partial charge in [0.1, 0.15) is 0 Å². The first-order valence-electron chi connectivity index (χ1n) is 5.58. The maximum Gasteiger partial charge on any atom is 0.0522 e. The number of hydrogen-bond acceptors (Lipinski definition) is 2. The second kappa shape index (κ2) is 6.40. The summed E-state index contributed by atoms with van der Waals surface area (Å²) < 4.78 is 2.06. The molecule has 0 atom stereocenters. The van der Waals surface area contributed by atoms with Crippen molar-refractivity contribution in [2.45, 2.75) is 40.3 Å². The van der Waals surface area contributed by atoms with Crippen molar-refractivity contribution in [1.29, 1.82) is 0 Å². The first kappa shape index (κ1) is 12.0. The van der Waals surface area contributed by atoms with E-state index in [2.05, 4.69) is 48.0 Å². The summed E-state index contributed by atoms with van der Waals surface area (Å²) in [4.78, 5) is 0. The van der Waals surface area contributed by atoms with Gasteiger partial charge in [-0.2, -0.15) is 5.10 Å². The highest BCUT2D eigenvalue weighted by molar-refractivity contribution is 5.01. The second-order valence-corrected chi connectivity index (χ2v) is 3.96. The summed E-state index contributed by atoms with van der Waals surface area (Å²) in [7, 11) is 0. The molecular formula is C12H21N3. The molecule has 0 fully saturated rings. The van der Waals surface area contributed by atoms with Crippen molar-refractivity contribution in [3.8, 4) is 0 Å². The number of aryl methyl sites for hydroxylation is 1. The maximum absolute atomic E-state index is 4.28. The van der Waals surface area contributed by atoms with Gasteiger partial charge in [-0.25, -0.2) is 0 Å². The number of aromatic nitrogens is 2. The van der Waals surface area contributed by atoms with Crippen LogP contribution in [0.15, 0.2) is 23.9 Å². The largest absolute Gasteiger partial charge is 0.308 e. The molecule has 0 radical (unpaired) electrons. The predicted octanol–water partition coefficient (Wildman–Crippen LogP) is 2.35. The van der Waals surface area contributed by atoms with E-state index in [-0.39, 0.29) is 0 Å². The zero-order chi connectivity index (χ0) is 11.1. The molecule has 0 spiro atoms. The molecule has 0 saturated carbocycles. The molecule has 1 N–H and O–H groups in total. The Morgan fingerprint density at radius 2 is 2.33 bits per heavy atom. The Hall–Kier alpha value is -1.09. The summed E-state index contributed by atoms with van der Waals surface area (Å²) in [5, 5.41) is 7.66. The summed E-state index contributed by atoms with van der Waals surface area (Å²) in [6.45, 7) is 9.23. The Kier molecular flexibility index (Phi) is 5.12. The van der Waals surface area contributed by atoms with Gasteiger partial charge in [0.25, 0.3) is 0 Å². The fourth-order valence-electron chi connectivity index (χ4n) is 1.40. The molecule has 0 aromatic carbocycles. The second-order valence-electron chi connectivity index (χ2n) is 3.96. The number of nitrogens with zero attached hydrogens (tertiary/aromatic N) is 2. The standard InChI is InChI=1S/C12H21N3/c1-4-9-15-12(6-8-14-15)10-13-7-5-11(2)3/h5-6,8,13H,4,7,9-10H2,1-3H3. The van der Waals surface area contributed by atoms with Crippen LogP contribution < -0.4 is 5.32 Å². The Bertz CT molecular complexity index is 308. The van der Waals surface area contributed by atoms with E-state index >= 15 is 0 Å². The molecule has 3 heteroatoms. The lowest BCUT2D eigenvalue weighted by molar-refractivity contribution is 0.557. The molecule has 0 aliphatic rings. The van der Waals surface area contributed by atoms with Crippen LogP contribution in [0.3, 0.4) is 0 Å². The van der Waals surface area contributed by atoms with Gasteiger partial charge in [-0.05, 0) is 26.3 Å². The van der Waals surface area contributed by atoms with Crippen LogP contribution in [-0.2, 0) is 13.1 Å². The Labute approximate surface area is 92.2 Å². The van der Waals surface area contributed by atoms with E-state index in [1.807, 2.05) is 6.20 Å². The summed E-state index contributed by atoms with van der Waals surface area (Å²) in [6, 6.07) is 2.07. The van der Waals surface area contributed by atoms with Crippen molar-refractivity contribution in [2.24, 2.45) is 0 Å². The van der Waals surface area contributed by atoms with Crippen LogP contribution in [0.5, 0.6) is 0 Å². The monoisotopic (exact) mass is 207 g/mol. The third kappa shape index (κ3) is 4.30. The van der Waals surface area contributed by atoms with Gasteiger partial charge in [-0.15, -0.1) is 0 Å². The average molecular weight is 207 g/mol. The van der Waals surface area contributed by atoms with Crippen LogP contribution in [-0.4, -0.2) is 16.3 Å². The van der Waals surface area contributed by atoms with Crippen molar-refractivity contribution in [1.82, 2.24) is 15.1 Å². The van der Waals surface area contributed by atoms with E-state index < -0.39 is 0 Å². The van der Waals surface area contributed by atoms with Crippen molar-refractivity contribution in [3.63, 3.8) is 0 Å². The van der Waals surface area contributed by atoms with Gasteiger partial charge in [-0.3, -0.25) is 4.68 Å². The van der Waals surface area contributed by atoms with Crippen molar-refractivity contribution >= 4 is 0 Å². The molecule has 3 nitrogen and oxygen atoms in total. The predicted molar refractivity (Wildman–Crippen MR) is 63.7 cm³/mol. The van der Waals surface area contributed by atoms with Crippen molar-refractivity contribution in [3.05, 3.63) is 29.6 Å². The third-order valence-corrected chi connectivity index (χ3v) is 2.20. The van der Waals surface area contributed by atoms with Crippen LogP contribution >= 0.6 is 0 Å². The van der Waals surface area contributed by atoms with Crippen LogP contribution in [0, 0.1) is 0 Å². The lowest BCUT2D eigenvalue weighted by atomic mass is 10.3. The number of hydrogen-bond donors (Lipinski definition) is 1. The van der Waals surface area contributed by atoms with Gasteiger partial charge in [0, 0.05) is 25.8 Å². The minimum atomic E-state index is 0.893. The van der Waals surface area contributed by atoms with Crippen LogP contribution in [0.4, 0.5) is 0 Å². The summed E-state index contributed by atoms with van der Waals surface area (Å²) in [6.07, 6.45) is 5.19. The molecule has 0 amide bonds. The van der Waals surface area contributed by atoms with Gasteiger partial charge in [0.15, 0.2) is 0 Å². The quantitative estimate of drug-likeness (QED) is 0.573. The highest BCUT2D eigenvalue weighted by atomic mass is 15.3. The molecule has 15 heavy (non-hydrogen) atoms.